The minimum atomic E-state index is 0. The molecule has 0 atom stereocenters. The summed E-state index contributed by atoms with van der Waals surface area (Å²) in [6.07, 6.45) is 3.58. The van der Waals surface area contributed by atoms with Crippen LogP contribution in [0.1, 0.15) is 5.69 Å². The summed E-state index contributed by atoms with van der Waals surface area (Å²) in [5, 5.41) is 0. The molecule has 0 aromatic carbocycles. The fourth-order valence-corrected chi connectivity index (χ4v) is 0.868. The minimum absolute atomic E-state index is 0. The zero-order chi connectivity index (χ0) is 14.9. The van der Waals surface area contributed by atoms with E-state index in [1.807, 2.05) is 38.5 Å². The van der Waals surface area contributed by atoms with Crippen LogP contribution in [0, 0.1) is 0 Å². The van der Waals surface area contributed by atoms with Crippen molar-refractivity contribution < 1.29 is 19.5 Å². The fraction of sp³-hybridized carbons (Fsp3) is 0.400. The summed E-state index contributed by atoms with van der Waals surface area (Å²) in [7, 11) is 4.08. The van der Waals surface area contributed by atoms with Gasteiger partial charge in [0.15, 0.2) is 0 Å². The van der Waals surface area contributed by atoms with Crippen molar-refractivity contribution in [3.8, 4) is 0 Å². The SMILES string of the molecule is CN(C)CCN=Cc1ccccn1.[N-]=[N+]=[N-].[N-]=[N+]=[N-].[Zn+2]. The van der Waals surface area contributed by atoms with E-state index in [-0.39, 0.29) is 19.5 Å². The van der Waals surface area contributed by atoms with Gasteiger partial charge >= 0.3 is 19.5 Å². The summed E-state index contributed by atoms with van der Waals surface area (Å²) in [4.78, 5) is 13.5. The summed E-state index contributed by atoms with van der Waals surface area (Å²) >= 11 is 0. The van der Waals surface area contributed by atoms with E-state index < -0.39 is 0 Å². The monoisotopic (exact) mass is 325 g/mol. The molecule has 0 amide bonds. The molecule has 9 nitrogen and oxygen atoms in total. The first-order valence-corrected chi connectivity index (χ1v) is 5.14. The zero-order valence-electron chi connectivity index (χ0n) is 11.5. The molecule has 1 rings (SSSR count). The van der Waals surface area contributed by atoms with Crippen LogP contribution in [0.4, 0.5) is 0 Å². The third kappa shape index (κ3) is 21.3. The summed E-state index contributed by atoms with van der Waals surface area (Å²) in [6, 6.07) is 5.80. The molecule has 0 aliphatic rings. The van der Waals surface area contributed by atoms with Gasteiger partial charge in [-0.2, -0.15) is 0 Å². The van der Waals surface area contributed by atoms with Crippen LogP contribution in [0.3, 0.4) is 0 Å². The maximum atomic E-state index is 6.75. The predicted octanol–water partition coefficient (Wildman–Crippen LogP) is 2.79. The largest absolute Gasteiger partial charge is 2.00 e. The van der Waals surface area contributed by atoms with Gasteiger partial charge in [-0.15, -0.1) is 0 Å². The van der Waals surface area contributed by atoms with Crippen molar-refractivity contribution in [2.24, 2.45) is 4.99 Å². The Morgan fingerprint density at radius 3 is 2.15 bits per heavy atom. The summed E-state index contributed by atoms with van der Waals surface area (Å²) in [5.41, 5.74) is 27.9. The third-order valence-electron chi connectivity index (χ3n) is 1.59. The Balaban J connectivity index is -0.000000356. The van der Waals surface area contributed by atoms with Crippen LogP contribution >= 0.6 is 0 Å². The molecule has 0 spiro atoms. The van der Waals surface area contributed by atoms with Gasteiger partial charge < -0.3 is 27.0 Å². The number of hydrogen-bond donors (Lipinski definition) is 0. The average Bonchev–Trinajstić information content (AvgIpc) is 2.38. The molecule has 10 heteroatoms. The molecule has 20 heavy (non-hydrogen) atoms. The second-order valence-electron chi connectivity index (χ2n) is 3.27. The number of pyridine rings is 1. The van der Waals surface area contributed by atoms with E-state index in [4.69, 9.17) is 22.1 Å². The van der Waals surface area contributed by atoms with Crippen LogP contribution in [0.5, 0.6) is 0 Å². The number of rotatable bonds is 4. The van der Waals surface area contributed by atoms with E-state index in [1.54, 1.807) is 6.20 Å². The van der Waals surface area contributed by atoms with Crippen molar-refractivity contribution in [1.29, 1.82) is 0 Å². The van der Waals surface area contributed by atoms with E-state index in [2.05, 4.69) is 14.9 Å². The van der Waals surface area contributed by atoms with Crippen LogP contribution in [0.2, 0.25) is 0 Å². The molecule has 0 N–H and O–H groups in total. The topological polar surface area (TPSA) is 146 Å². The Hall–Kier alpha value is -1.98. The van der Waals surface area contributed by atoms with E-state index >= 15 is 0 Å². The van der Waals surface area contributed by atoms with Crippen molar-refractivity contribution in [1.82, 2.24) is 9.88 Å². The molecular formula is C10H15N9Zn. The van der Waals surface area contributed by atoms with E-state index in [0.717, 1.165) is 18.8 Å². The summed E-state index contributed by atoms with van der Waals surface area (Å²) < 4.78 is 0. The smallest absolute Gasteiger partial charge is 0.373 e. The number of nitrogens with zero attached hydrogens (tertiary/aromatic N) is 9. The summed E-state index contributed by atoms with van der Waals surface area (Å²) in [5.74, 6) is 0. The second-order valence-corrected chi connectivity index (χ2v) is 3.27. The molecule has 0 aliphatic heterocycles. The number of hydrogen-bond acceptors (Lipinski definition) is 3. The first-order chi connectivity index (χ1) is 9.12. The van der Waals surface area contributed by atoms with Gasteiger partial charge in [-0.05, 0) is 26.2 Å². The number of aromatic nitrogens is 1. The molecule has 0 saturated heterocycles. The molecule has 0 bridgehead atoms. The standard InChI is InChI=1S/C10H15N3.2N3.Zn/c1-13(2)8-7-11-9-10-5-3-4-6-12-10;2*1-3-2;/h3-6,9H,7-8H2,1-2H3;;;/q;2*-1;+2. The van der Waals surface area contributed by atoms with Gasteiger partial charge in [-0.3, -0.25) is 19.8 Å². The minimum Gasteiger partial charge on any atom is -0.373 e. The zero-order valence-corrected chi connectivity index (χ0v) is 14.5. The van der Waals surface area contributed by atoms with Crippen molar-refractivity contribution in [3.63, 3.8) is 0 Å². The van der Waals surface area contributed by atoms with Crippen molar-refractivity contribution in [3.05, 3.63) is 62.0 Å². The Bertz CT molecular complexity index is 394. The molecule has 0 radical (unpaired) electrons. The molecule has 1 heterocycles. The Morgan fingerprint density at radius 2 is 1.75 bits per heavy atom. The molecule has 0 fully saturated rings. The normalized spacial score (nSPS) is 8.15. The van der Waals surface area contributed by atoms with Crippen LogP contribution in [0.15, 0.2) is 29.4 Å². The van der Waals surface area contributed by atoms with Crippen molar-refractivity contribution >= 4 is 6.21 Å². The first kappa shape index (κ1) is 23.1. The average molecular weight is 327 g/mol. The van der Waals surface area contributed by atoms with Crippen LogP contribution < -0.4 is 0 Å². The molecule has 0 saturated carbocycles. The maximum absolute atomic E-state index is 6.75. The molecule has 0 aliphatic carbocycles. The number of likely N-dealkylation sites (N-methyl/N-ethyl adjacent to an activating group) is 1. The third-order valence-corrected chi connectivity index (χ3v) is 1.59. The van der Waals surface area contributed by atoms with Crippen molar-refractivity contribution in [2.75, 3.05) is 27.2 Å². The van der Waals surface area contributed by atoms with E-state index in [9.17, 15) is 0 Å². The van der Waals surface area contributed by atoms with Gasteiger partial charge in [0.2, 0.25) is 0 Å². The Kier molecular flexibility index (Phi) is 22.4. The molecular weight excluding hydrogens is 312 g/mol. The van der Waals surface area contributed by atoms with Gasteiger partial charge in [0.1, 0.15) is 0 Å². The first-order valence-electron chi connectivity index (χ1n) is 5.14. The second kappa shape index (κ2) is 19.4. The van der Waals surface area contributed by atoms with Crippen LogP contribution in [-0.2, 0) is 19.5 Å². The Labute approximate surface area is 130 Å². The van der Waals surface area contributed by atoms with Crippen molar-refractivity contribution in [2.45, 2.75) is 0 Å². The van der Waals surface area contributed by atoms with Crippen LogP contribution in [0.25, 0.3) is 31.9 Å². The molecule has 0 unspecified atom stereocenters. The summed E-state index contributed by atoms with van der Waals surface area (Å²) in [6.45, 7) is 1.80. The maximum Gasteiger partial charge on any atom is 2.00 e. The Morgan fingerprint density at radius 1 is 1.20 bits per heavy atom. The van der Waals surface area contributed by atoms with Crippen LogP contribution in [-0.4, -0.2) is 43.3 Å². The van der Waals surface area contributed by atoms with Gasteiger partial charge in [0, 0.05) is 19.0 Å². The quantitative estimate of drug-likeness (QED) is 0.275. The van der Waals surface area contributed by atoms with Gasteiger partial charge in [-0.25, -0.2) is 0 Å². The number of aliphatic imine (C=N–C) groups is 1. The molecule has 102 valence electrons. The van der Waals surface area contributed by atoms with Gasteiger partial charge in [0.05, 0.1) is 12.2 Å². The molecule has 1 aromatic rings. The van der Waals surface area contributed by atoms with E-state index in [1.165, 1.54) is 9.82 Å². The van der Waals surface area contributed by atoms with E-state index in [0.29, 0.717) is 0 Å². The van der Waals surface area contributed by atoms with Gasteiger partial charge in [0.25, 0.3) is 0 Å². The fourth-order valence-electron chi connectivity index (χ4n) is 0.868. The predicted molar refractivity (Wildman–Crippen MR) is 75.4 cm³/mol. The molecule has 1 aromatic heterocycles. The van der Waals surface area contributed by atoms with Gasteiger partial charge in [-0.1, -0.05) is 6.07 Å².